The van der Waals surface area contributed by atoms with Crippen LogP contribution >= 0.6 is 82.6 Å². The number of ketones is 3. The number of benzene rings is 3. The third kappa shape index (κ3) is 15.5. The molecule has 0 unspecified atom stereocenters. The molecule has 0 radical (unpaired) electrons. The normalized spacial score (nSPS) is 18.4. The minimum Gasteiger partial charge on any atom is -0.391 e. The molecule has 2 aliphatic rings. The highest BCUT2D eigenvalue weighted by molar-refractivity contribution is 9.11. The van der Waals surface area contributed by atoms with Crippen LogP contribution < -0.4 is 33.0 Å². The van der Waals surface area contributed by atoms with Crippen LogP contribution in [-0.4, -0.2) is 111 Å². The Kier molecular flexibility index (Phi) is 21.4. The number of allylic oxidation sites excluding steroid dienone is 1. The lowest BCUT2D eigenvalue weighted by Crippen LogP contribution is -2.46. The summed E-state index contributed by atoms with van der Waals surface area (Å²) in [6.45, 7) is 1.77. The summed E-state index contributed by atoms with van der Waals surface area (Å²) in [5.74, 6) is -0.562. The quantitative estimate of drug-likeness (QED) is 0.0663. The number of halogens is 6. The molecule has 7 N–H and O–H groups in total. The molecule has 0 bridgehead atoms. The second-order valence-corrected chi connectivity index (χ2v) is 21.0. The van der Waals surface area contributed by atoms with Gasteiger partial charge in [-0.2, -0.15) is 0 Å². The maximum Gasteiger partial charge on any atom is 0.261 e. The first-order chi connectivity index (χ1) is 34.3. The zero-order valence-corrected chi connectivity index (χ0v) is 45.5. The van der Waals surface area contributed by atoms with Gasteiger partial charge in [0.05, 0.1) is 105 Å². The molecule has 24 heteroatoms. The van der Waals surface area contributed by atoms with Gasteiger partial charge in [0.2, 0.25) is 0 Å². The van der Waals surface area contributed by atoms with Crippen LogP contribution in [0, 0.1) is 0 Å². The van der Waals surface area contributed by atoms with Gasteiger partial charge in [-0.3, -0.25) is 42.5 Å². The summed E-state index contributed by atoms with van der Waals surface area (Å²) in [6, 6.07) is 9.11. The molecule has 2 saturated heterocycles. The Labute approximate surface area is 452 Å². The minimum absolute atomic E-state index is 0.0691. The van der Waals surface area contributed by atoms with E-state index in [1.807, 2.05) is 0 Å². The summed E-state index contributed by atoms with van der Waals surface area (Å²) in [4.78, 5) is 86.5. The lowest BCUT2D eigenvalue weighted by atomic mass is 9.97. The molecule has 5 atom stereocenters. The third-order valence-electron chi connectivity index (χ3n) is 11.8. The number of rotatable bonds is 15. The highest BCUT2D eigenvalue weighted by Crippen LogP contribution is 2.28. The van der Waals surface area contributed by atoms with Gasteiger partial charge in [0.1, 0.15) is 0 Å². The number of aliphatic hydroxyl groups excluding tert-OH is 3. The van der Waals surface area contributed by atoms with Gasteiger partial charge in [-0.1, -0.05) is 40.9 Å². The molecular weight excluding hydrogens is 1190 g/mol. The number of piperidine rings is 2. The second kappa shape index (κ2) is 26.9. The van der Waals surface area contributed by atoms with Crippen LogP contribution in [0.1, 0.15) is 51.4 Å². The average molecular weight is 1240 g/mol. The molecule has 3 aromatic heterocycles. The van der Waals surface area contributed by atoms with Crippen LogP contribution in [-0.2, 0) is 34.0 Å². The van der Waals surface area contributed by atoms with E-state index in [-0.39, 0.29) is 78.6 Å². The maximum atomic E-state index is 12.5. The number of aromatic nitrogens is 6. The van der Waals surface area contributed by atoms with Gasteiger partial charge in [-0.15, -0.1) is 0 Å². The van der Waals surface area contributed by atoms with E-state index >= 15 is 0 Å². The van der Waals surface area contributed by atoms with Gasteiger partial charge >= 0.3 is 0 Å². The number of carbonyl (C=O) groups is 3. The highest BCUT2D eigenvalue weighted by Gasteiger charge is 2.26. The van der Waals surface area contributed by atoms with Crippen molar-refractivity contribution in [3.63, 3.8) is 0 Å². The topological polar surface area (TPSA) is 267 Å². The zero-order chi connectivity index (χ0) is 52.2. The molecular formula is C48H51Br3Cl3N9O9. The lowest BCUT2D eigenvalue weighted by molar-refractivity contribution is -0.121. The van der Waals surface area contributed by atoms with E-state index in [2.05, 4.69) is 73.4 Å². The van der Waals surface area contributed by atoms with Gasteiger partial charge in [0, 0.05) is 38.3 Å². The van der Waals surface area contributed by atoms with E-state index in [0.29, 0.717) is 93.4 Å². The largest absolute Gasteiger partial charge is 0.391 e. The molecule has 72 heavy (non-hydrogen) atoms. The van der Waals surface area contributed by atoms with Crippen molar-refractivity contribution in [2.24, 2.45) is 5.73 Å². The van der Waals surface area contributed by atoms with Crippen molar-refractivity contribution in [1.82, 2.24) is 39.3 Å². The molecule has 8 rings (SSSR count). The summed E-state index contributed by atoms with van der Waals surface area (Å²) in [5.41, 5.74) is 5.93. The summed E-state index contributed by atoms with van der Waals surface area (Å²) < 4.78 is 5.75. The van der Waals surface area contributed by atoms with E-state index < -0.39 is 18.3 Å². The van der Waals surface area contributed by atoms with Crippen molar-refractivity contribution < 1.29 is 29.7 Å². The van der Waals surface area contributed by atoms with Gasteiger partial charge in [-0.25, -0.2) is 15.0 Å². The summed E-state index contributed by atoms with van der Waals surface area (Å²) in [5, 5.41) is 38.1. The van der Waals surface area contributed by atoms with Gasteiger partial charge < -0.3 is 31.7 Å². The van der Waals surface area contributed by atoms with Crippen LogP contribution in [0.25, 0.3) is 32.7 Å². The Hall–Kier alpha value is -4.10. The fourth-order valence-electron chi connectivity index (χ4n) is 7.95. The first-order valence-electron chi connectivity index (χ1n) is 22.8. The molecule has 2 fully saturated rings. The molecule has 0 saturated carbocycles. The van der Waals surface area contributed by atoms with Crippen LogP contribution in [0.4, 0.5) is 0 Å². The summed E-state index contributed by atoms with van der Waals surface area (Å²) in [6.07, 6.45) is 9.68. The number of nitrogens with zero attached hydrogens (tertiary/aromatic N) is 6. The van der Waals surface area contributed by atoms with E-state index in [0.717, 1.165) is 25.9 Å². The zero-order valence-electron chi connectivity index (χ0n) is 38.5. The van der Waals surface area contributed by atoms with Crippen LogP contribution in [0.2, 0.25) is 15.1 Å². The molecule has 3 aromatic carbocycles. The maximum absolute atomic E-state index is 12.5. The average Bonchev–Trinajstić information content (AvgIpc) is 3.34. The molecule has 0 amide bonds. The Morgan fingerprint density at radius 1 is 0.667 bits per heavy atom. The van der Waals surface area contributed by atoms with E-state index in [1.165, 1.54) is 50.9 Å². The molecule has 0 spiro atoms. The van der Waals surface area contributed by atoms with Gasteiger partial charge in [0.15, 0.2) is 17.3 Å². The smallest absolute Gasteiger partial charge is 0.261 e. The van der Waals surface area contributed by atoms with Crippen molar-refractivity contribution in [1.29, 1.82) is 0 Å². The van der Waals surface area contributed by atoms with Gasteiger partial charge in [0.25, 0.3) is 16.7 Å². The SMILES string of the molecule is NCCC[C@H](O)/C=C/C(=O)Cn1cnc2cc(Br)c(Cl)cc2c1=O.O=C(C[C@@H]1NCCC[C@@H]1O)Cn1cnc2cc(Br)c(Cl)cc2c1=O.O=C(C[C@H]1NCCC[C@@H]1O)Cn1cnc2cc(Br)c(Cl)cc2c1=O. The Morgan fingerprint density at radius 3 is 1.40 bits per heavy atom. The van der Waals surface area contributed by atoms with Gasteiger partial charge in [-0.05, 0) is 148 Å². The van der Waals surface area contributed by atoms with Crippen molar-refractivity contribution in [3.05, 3.63) is 127 Å². The number of hydrogen-bond acceptors (Lipinski definition) is 15. The fourth-order valence-corrected chi connectivity index (χ4v) is 9.43. The number of hydrogen-bond donors (Lipinski definition) is 6. The van der Waals surface area contributed by atoms with E-state index in [4.69, 9.17) is 40.5 Å². The monoisotopic (exact) mass is 1240 g/mol. The molecule has 0 aliphatic carbocycles. The summed E-state index contributed by atoms with van der Waals surface area (Å²) >= 11 is 27.9. The van der Waals surface area contributed by atoms with Crippen molar-refractivity contribution in [3.8, 4) is 0 Å². The molecule has 18 nitrogen and oxygen atoms in total. The first-order valence-corrected chi connectivity index (χ1v) is 26.3. The van der Waals surface area contributed by atoms with Crippen molar-refractivity contribution in [2.45, 2.75) is 101 Å². The number of aliphatic hydroxyl groups is 3. The van der Waals surface area contributed by atoms with Crippen molar-refractivity contribution >= 4 is 133 Å². The number of Topliss-reactive ketones (excluding diaryl/α,β-unsaturated/α-hetero) is 2. The standard InChI is InChI=1S/3C16H17BrClN3O3/c2*17-11-6-13-10(5-12(11)18)16(24)21(8-20-13)7-9(22)4-14-15(23)2-1-3-19-14;17-13-7-15-12(6-14(13)18)16(24)21(9-20-15)8-11(23)4-3-10(22)2-1-5-19/h2*5-6,8,14-15,19,23H,1-4,7H2;3-4,6-7,9-10,22H,1-2,5,8,19H2/b;;4-3+/t14-,15+;14-,15-;10-/m100/s1. The van der Waals surface area contributed by atoms with E-state index in [9.17, 15) is 44.1 Å². The molecule has 384 valence electrons. The predicted molar refractivity (Wildman–Crippen MR) is 288 cm³/mol. The highest BCUT2D eigenvalue weighted by atomic mass is 79.9. The van der Waals surface area contributed by atoms with Crippen LogP contribution in [0.15, 0.2) is 95.3 Å². The summed E-state index contributed by atoms with van der Waals surface area (Å²) in [7, 11) is 0. The Morgan fingerprint density at radius 2 is 1.04 bits per heavy atom. The molecule has 2 aliphatic heterocycles. The van der Waals surface area contributed by atoms with E-state index in [1.54, 1.807) is 30.3 Å². The molecule has 5 heterocycles. The number of nitrogens with two attached hydrogens (primary N) is 1. The van der Waals surface area contributed by atoms with Crippen LogP contribution in [0.3, 0.4) is 0 Å². The lowest BCUT2D eigenvalue weighted by Gasteiger charge is -2.28. The van der Waals surface area contributed by atoms with Crippen LogP contribution in [0.5, 0.6) is 0 Å². The number of carbonyl (C=O) groups excluding carboxylic acids is 3. The van der Waals surface area contributed by atoms with Crippen molar-refractivity contribution in [2.75, 3.05) is 19.6 Å². The second-order valence-electron chi connectivity index (χ2n) is 17.2. The first kappa shape index (κ1) is 57.2. The number of fused-ring (bicyclic) bond motifs is 3. The third-order valence-corrected chi connectivity index (χ3v) is 15.4. The Balaban J connectivity index is 0.000000176. The Bertz CT molecular complexity index is 3040. The predicted octanol–water partition coefficient (Wildman–Crippen LogP) is 5.81. The number of nitrogens with one attached hydrogen (secondary N) is 2. The molecule has 6 aromatic rings. The minimum atomic E-state index is -0.722. The fraction of sp³-hybridized carbons (Fsp3) is 0.396.